The van der Waals surface area contributed by atoms with Gasteiger partial charge in [0.25, 0.3) is 0 Å². The van der Waals surface area contributed by atoms with Gasteiger partial charge in [-0.15, -0.1) is 0 Å². The summed E-state index contributed by atoms with van der Waals surface area (Å²) in [5.41, 5.74) is 0.757. The molecule has 0 aromatic carbocycles. The predicted octanol–water partition coefficient (Wildman–Crippen LogP) is 3.13. The number of hydrogen-bond acceptors (Lipinski definition) is 4. The third kappa shape index (κ3) is 6.34. The number of carbonyl (C=O) groups is 1. The van der Waals surface area contributed by atoms with Crippen molar-refractivity contribution in [2.45, 2.75) is 52.1 Å². The Morgan fingerprint density at radius 2 is 1.95 bits per heavy atom. The van der Waals surface area contributed by atoms with Crippen molar-refractivity contribution in [1.82, 2.24) is 4.98 Å². The number of pyridine rings is 1. The number of nitrogens with zero attached hydrogens (tertiary/aromatic N) is 1. The minimum atomic E-state index is -0.185. The molecule has 0 atom stereocenters. The molecular weight excluding hydrogens is 242 g/mol. The average Bonchev–Trinajstić information content (AvgIpc) is 2.45. The molecule has 0 radical (unpaired) electrons. The fourth-order valence-corrected chi connectivity index (χ4v) is 1.88. The van der Waals surface area contributed by atoms with Crippen LogP contribution in [0.5, 0.6) is 5.75 Å². The minimum Gasteiger partial charge on any atom is -0.493 e. The Bertz CT molecular complexity index is 380. The highest BCUT2D eigenvalue weighted by molar-refractivity contribution is 5.72. The maximum atomic E-state index is 10.7. The van der Waals surface area contributed by atoms with Gasteiger partial charge in [-0.3, -0.25) is 4.79 Å². The second kappa shape index (κ2) is 9.50. The fourth-order valence-electron chi connectivity index (χ4n) is 1.88. The first-order chi connectivity index (χ1) is 9.30. The maximum Gasteiger partial charge on any atom is 0.168 e. The Hall–Kier alpha value is -1.42. The van der Waals surface area contributed by atoms with Crippen LogP contribution in [0.25, 0.3) is 0 Å². The van der Waals surface area contributed by atoms with Crippen molar-refractivity contribution >= 4 is 6.29 Å². The molecule has 1 rings (SSSR count). The number of ether oxygens (including phenoxy) is 1. The molecule has 19 heavy (non-hydrogen) atoms. The molecule has 1 aromatic heterocycles. The average molecular weight is 265 g/mol. The van der Waals surface area contributed by atoms with Gasteiger partial charge in [-0.05, 0) is 6.42 Å². The van der Waals surface area contributed by atoms with Gasteiger partial charge in [0.05, 0.1) is 18.9 Å². The van der Waals surface area contributed by atoms with Crippen LogP contribution in [0, 0.1) is 0 Å². The minimum absolute atomic E-state index is 0.185. The van der Waals surface area contributed by atoms with Crippen molar-refractivity contribution in [2.24, 2.45) is 0 Å². The van der Waals surface area contributed by atoms with Crippen molar-refractivity contribution < 1.29 is 14.6 Å². The summed E-state index contributed by atoms with van der Waals surface area (Å²) in [6, 6.07) is 3.27. The molecule has 4 heteroatoms. The molecule has 0 aliphatic heterocycles. The molecule has 106 valence electrons. The summed E-state index contributed by atoms with van der Waals surface area (Å²) in [4.78, 5) is 14.7. The van der Waals surface area contributed by atoms with E-state index in [1.165, 1.54) is 32.1 Å². The van der Waals surface area contributed by atoms with E-state index in [-0.39, 0.29) is 6.61 Å². The zero-order valence-electron chi connectivity index (χ0n) is 11.6. The molecule has 1 aromatic rings. The van der Waals surface area contributed by atoms with E-state index in [0.717, 1.165) is 6.42 Å². The molecule has 0 aliphatic carbocycles. The Morgan fingerprint density at radius 3 is 2.63 bits per heavy atom. The number of aliphatic hydroxyl groups excluding tert-OH is 1. The molecule has 0 saturated heterocycles. The van der Waals surface area contributed by atoms with Crippen LogP contribution in [0.15, 0.2) is 12.1 Å². The Balaban J connectivity index is 2.30. The Kier molecular flexibility index (Phi) is 7.82. The molecule has 4 nitrogen and oxygen atoms in total. The Labute approximate surface area is 114 Å². The molecule has 1 heterocycles. The normalized spacial score (nSPS) is 10.4. The molecule has 0 saturated carbocycles. The largest absolute Gasteiger partial charge is 0.493 e. The number of unbranched alkanes of at least 4 members (excludes halogenated alkanes) is 5. The fraction of sp³-hybridized carbons (Fsp3) is 0.600. The number of aldehydes is 1. The van der Waals surface area contributed by atoms with E-state index in [9.17, 15) is 4.79 Å². The summed E-state index contributed by atoms with van der Waals surface area (Å²) >= 11 is 0. The van der Waals surface area contributed by atoms with Crippen LogP contribution in [0.3, 0.4) is 0 Å². The van der Waals surface area contributed by atoms with Crippen LogP contribution in [0.1, 0.15) is 61.6 Å². The first kappa shape index (κ1) is 15.6. The molecule has 0 bridgehead atoms. The lowest BCUT2D eigenvalue weighted by atomic mass is 10.1. The van der Waals surface area contributed by atoms with E-state index in [4.69, 9.17) is 9.84 Å². The van der Waals surface area contributed by atoms with E-state index in [1.54, 1.807) is 12.1 Å². The van der Waals surface area contributed by atoms with Gasteiger partial charge in [0, 0.05) is 12.1 Å². The van der Waals surface area contributed by atoms with Gasteiger partial charge in [-0.25, -0.2) is 4.98 Å². The van der Waals surface area contributed by atoms with Crippen molar-refractivity contribution in [3.63, 3.8) is 0 Å². The highest BCUT2D eigenvalue weighted by atomic mass is 16.5. The summed E-state index contributed by atoms with van der Waals surface area (Å²) in [6.45, 7) is 2.66. The van der Waals surface area contributed by atoms with Gasteiger partial charge in [-0.1, -0.05) is 39.0 Å². The lowest BCUT2D eigenvalue weighted by Crippen LogP contribution is -2.01. The van der Waals surface area contributed by atoms with E-state index in [2.05, 4.69) is 11.9 Å². The van der Waals surface area contributed by atoms with Crippen LogP contribution in [0.2, 0.25) is 0 Å². The molecule has 0 spiro atoms. The highest BCUT2D eigenvalue weighted by Crippen LogP contribution is 2.14. The van der Waals surface area contributed by atoms with Crippen molar-refractivity contribution in [1.29, 1.82) is 0 Å². The van der Waals surface area contributed by atoms with Crippen LogP contribution >= 0.6 is 0 Å². The van der Waals surface area contributed by atoms with E-state index in [1.807, 2.05) is 0 Å². The number of rotatable bonds is 10. The van der Waals surface area contributed by atoms with Crippen LogP contribution in [0.4, 0.5) is 0 Å². The van der Waals surface area contributed by atoms with Crippen LogP contribution in [-0.2, 0) is 6.61 Å². The highest BCUT2D eigenvalue weighted by Gasteiger charge is 2.02. The van der Waals surface area contributed by atoms with E-state index >= 15 is 0 Å². The molecule has 0 amide bonds. The van der Waals surface area contributed by atoms with Crippen molar-refractivity contribution in [3.05, 3.63) is 23.5 Å². The van der Waals surface area contributed by atoms with Gasteiger partial charge in [0.1, 0.15) is 11.4 Å². The van der Waals surface area contributed by atoms with Gasteiger partial charge in [0.2, 0.25) is 0 Å². The quantitative estimate of drug-likeness (QED) is 0.521. The zero-order chi connectivity index (χ0) is 13.9. The topological polar surface area (TPSA) is 59.4 Å². The van der Waals surface area contributed by atoms with Gasteiger partial charge in [-0.2, -0.15) is 0 Å². The SMILES string of the molecule is CCCCCCCCOc1cc(C=O)nc(CO)c1. The van der Waals surface area contributed by atoms with Gasteiger partial charge >= 0.3 is 0 Å². The number of hydrogen-bond donors (Lipinski definition) is 1. The summed E-state index contributed by atoms with van der Waals surface area (Å²) < 4.78 is 5.59. The predicted molar refractivity (Wildman–Crippen MR) is 74.4 cm³/mol. The second-order valence-corrected chi connectivity index (χ2v) is 4.61. The molecule has 1 N–H and O–H groups in total. The van der Waals surface area contributed by atoms with Crippen LogP contribution in [-0.4, -0.2) is 23.0 Å². The number of carbonyl (C=O) groups excluding carboxylic acids is 1. The van der Waals surface area contributed by atoms with Crippen LogP contribution < -0.4 is 4.74 Å². The van der Waals surface area contributed by atoms with Crippen molar-refractivity contribution in [2.75, 3.05) is 6.61 Å². The van der Waals surface area contributed by atoms with E-state index in [0.29, 0.717) is 30.0 Å². The lowest BCUT2D eigenvalue weighted by molar-refractivity contribution is 0.111. The summed E-state index contributed by atoms with van der Waals surface area (Å²) in [7, 11) is 0. The Morgan fingerprint density at radius 1 is 1.21 bits per heavy atom. The third-order valence-corrected chi connectivity index (χ3v) is 2.92. The first-order valence-corrected chi connectivity index (χ1v) is 7.00. The molecule has 0 aliphatic rings. The van der Waals surface area contributed by atoms with Gasteiger partial charge in [0.15, 0.2) is 6.29 Å². The zero-order valence-corrected chi connectivity index (χ0v) is 11.6. The van der Waals surface area contributed by atoms with Crippen molar-refractivity contribution in [3.8, 4) is 5.75 Å². The third-order valence-electron chi connectivity index (χ3n) is 2.92. The summed E-state index contributed by atoms with van der Waals surface area (Å²) in [6.07, 6.45) is 7.93. The monoisotopic (exact) mass is 265 g/mol. The standard InChI is InChI=1S/C15H23NO3/c1-2-3-4-5-6-7-8-19-15-9-13(11-17)16-14(10-15)12-18/h9-11,18H,2-8,12H2,1H3. The smallest absolute Gasteiger partial charge is 0.168 e. The maximum absolute atomic E-state index is 10.7. The summed E-state index contributed by atoms with van der Waals surface area (Å²) in [5.74, 6) is 0.606. The van der Waals surface area contributed by atoms with Gasteiger partial charge < -0.3 is 9.84 Å². The first-order valence-electron chi connectivity index (χ1n) is 7.00. The summed E-state index contributed by atoms with van der Waals surface area (Å²) in [5, 5.41) is 9.04. The number of aliphatic hydroxyl groups is 1. The van der Waals surface area contributed by atoms with E-state index < -0.39 is 0 Å². The second-order valence-electron chi connectivity index (χ2n) is 4.61. The number of aromatic nitrogens is 1. The lowest BCUT2D eigenvalue weighted by Gasteiger charge is -2.08. The molecule has 0 fully saturated rings. The molecule has 0 unspecified atom stereocenters. The molecular formula is C15H23NO3.